The third-order valence-corrected chi connectivity index (χ3v) is 8.73. The van der Waals surface area contributed by atoms with E-state index in [-0.39, 0.29) is 0 Å². The Hall–Kier alpha value is -0.453. The van der Waals surface area contributed by atoms with Crippen LogP contribution in [0.2, 0.25) is 0 Å². The molecule has 0 aliphatic heterocycles. The van der Waals surface area contributed by atoms with Crippen LogP contribution < -0.4 is 0 Å². The zero-order chi connectivity index (χ0) is 13.9. The van der Waals surface area contributed by atoms with Crippen LogP contribution in [0.5, 0.6) is 0 Å². The molecule has 0 aromatic heterocycles. The first kappa shape index (κ1) is 14.9. The smallest absolute Gasteiger partial charge is 0.350 e. The van der Waals surface area contributed by atoms with Gasteiger partial charge in [0.2, 0.25) is 0 Å². The molecular weight excluding hydrogens is 339 g/mol. The first-order valence-electron chi connectivity index (χ1n) is 5.46. The minimum atomic E-state index is -3.24. The Morgan fingerprint density at radius 1 is 0.842 bits per heavy atom. The van der Waals surface area contributed by atoms with Gasteiger partial charge in [-0.25, -0.2) is 10.4 Å². The van der Waals surface area contributed by atoms with E-state index in [1.54, 1.807) is 12.1 Å². The predicted molar refractivity (Wildman–Crippen MR) is 86.6 cm³/mol. The van der Waals surface area contributed by atoms with Gasteiger partial charge in [0.1, 0.15) is 0 Å². The van der Waals surface area contributed by atoms with Crippen molar-refractivity contribution in [1.82, 2.24) is 0 Å². The molecule has 0 amide bonds. The highest BCUT2D eigenvalue weighted by molar-refractivity contribution is 7.98. The molecule has 0 atom stereocenters. The maximum atomic E-state index is 12.6. The molecule has 0 saturated heterocycles. The van der Waals surface area contributed by atoms with Crippen molar-refractivity contribution in [2.45, 2.75) is 4.90 Å². The molecule has 0 spiro atoms. The lowest BCUT2D eigenvalue weighted by molar-refractivity contribution is 0.603. The van der Waals surface area contributed by atoms with Gasteiger partial charge in [-0.1, -0.05) is 65.2 Å². The van der Waals surface area contributed by atoms with Crippen molar-refractivity contribution >= 4 is 54.1 Å². The van der Waals surface area contributed by atoms with Crippen LogP contribution in [-0.4, -0.2) is 10.5 Å². The van der Waals surface area contributed by atoms with Crippen LogP contribution in [0.4, 0.5) is 0 Å². The van der Waals surface area contributed by atoms with Crippen LogP contribution in [0.3, 0.4) is 0 Å². The van der Waals surface area contributed by atoms with E-state index < -0.39 is 16.4 Å². The number of rotatable bonds is 3. The van der Waals surface area contributed by atoms with Gasteiger partial charge in [-0.05, 0) is 5.56 Å². The maximum absolute atomic E-state index is 12.6. The van der Waals surface area contributed by atoms with E-state index in [4.69, 9.17) is 33.2 Å². The molecule has 0 bridgehead atoms. The van der Waals surface area contributed by atoms with Gasteiger partial charge in [0.05, 0.1) is 0 Å². The monoisotopic (exact) mass is 347 g/mol. The standard InChI is InChI=1S/C13H10Cl3OSSi/c14-19(15,16)13(11-7-3-1-4-8-11)18(17)12-9-5-2-6-10-12/h1-10H/q-1. The van der Waals surface area contributed by atoms with Gasteiger partial charge in [-0.2, -0.15) is 0 Å². The molecule has 100 valence electrons. The second-order valence-corrected chi connectivity index (χ2v) is 13.9. The molecular formula is C13H10Cl3OSSi-. The molecule has 0 aliphatic rings. The first-order chi connectivity index (χ1) is 9.00. The van der Waals surface area contributed by atoms with Gasteiger partial charge in [-0.15, -0.1) is 38.1 Å². The number of benzene rings is 2. The first-order valence-corrected chi connectivity index (χ1v) is 11.6. The van der Waals surface area contributed by atoms with Crippen molar-refractivity contribution in [3.8, 4) is 0 Å². The second kappa shape index (κ2) is 6.33. The molecule has 1 nitrogen and oxygen atoms in total. The van der Waals surface area contributed by atoms with Crippen LogP contribution in [0.1, 0.15) is 5.56 Å². The summed E-state index contributed by atoms with van der Waals surface area (Å²) in [6, 6.07) is 14.9. The summed E-state index contributed by atoms with van der Waals surface area (Å²) in [6.45, 7) is 0. The topological polar surface area (TPSA) is 17.1 Å². The van der Waals surface area contributed by atoms with Gasteiger partial charge in [0.25, 0.3) is 0 Å². The molecule has 2 rings (SSSR count). The van der Waals surface area contributed by atoms with Crippen molar-refractivity contribution in [2.75, 3.05) is 0 Å². The third kappa shape index (κ3) is 3.77. The van der Waals surface area contributed by atoms with Crippen LogP contribution in [0.15, 0.2) is 65.6 Å². The molecule has 0 unspecified atom stereocenters. The normalized spacial score (nSPS) is 13.9. The second-order valence-electron chi connectivity index (χ2n) is 3.77. The molecule has 6 heteroatoms. The van der Waals surface area contributed by atoms with Crippen LogP contribution in [0.25, 0.3) is 0 Å². The van der Waals surface area contributed by atoms with Gasteiger partial charge >= 0.3 is 6.00 Å². The van der Waals surface area contributed by atoms with Crippen molar-refractivity contribution < 1.29 is 4.21 Å². The van der Waals surface area contributed by atoms with Crippen molar-refractivity contribution in [1.29, 1.82) is 0 Å². The van der Waals surface area contributed by atoms with Gasteiger partial charge in [0.15, 0.2) is 0 Å². The Balaban J connectivity index is 2.67. The lowest BCUT2D eigenvalue weighted by atomic mass is 10.2. The van der Waals surface area contributed by atoms with Crippen molar-refractivity contribution in [3.05, 3.63) is 66.2 Å². The minimum absolute atomic E-state index is 0.407. The van der Waals surface area contributed by atoms with Crippen molar-refractivity contribution in [2.24, 2.45) is 0 Å². The molecule has 0 heterocycles. The summed E-state index contributed by atoms with van der Waals surface area (Å²) >= 11 is 18.4. The Bertz CT molecular complexity index is 632. The fourth-order valence-electron chi connectivity index (χ4n) is 1.63. The summed E-state index contributed by atoms with van der Waals surface area (Å²) in [5, 5.41) is 0. The Morgan fingerprint density at radius 2 is 1.32 bits per heavy atom. The van der Waals surface area contributed by atoms with E-state index in [0.717, 1.165) is 5.56 Å². The van der Waals surface area contributed by atoms with E-state index in [1.807, 2.05) is 48.5 Å². The highest BCUT2D eigenvalue weighted by atomic mass is 35.8. The maximum Gasteiger partial charge on any atom is 0.350 e. The Labute approximate surface area is 129 Å². The van der Waals surface area contributed by atoms with Crippen LogP contribution >= 0.6 is 33.2 Å². The largest absolute Gasteiger partial charge is 0.457 e. The van der Waals surface area contributed by atoms with Crippen LogP contribution in [0, 0.1) is 0 Å². The van der Waals surface area contributed by atoms with E-state index in [9.17, 15) is 4.21 Å². The van der Waals surface area contributed by atoms with Gasteiger partial charge in [0, 0.05) is 0 Å². The van der Waals surface area contributed by atoms with Gasteiger partial charge < -0.3 is 4.21 Å². The van der Waals surface area contributed by atoms with E-state index in [2.05, 4.69) is 0 Å². The summed E-state index contributed by atoms with van der Waals surface area (Å²) in [5.74, 6) is 0. The lowest BCUT2D eigenvalue weighted by Gasteiger charge is -2.22. The molecule has 0 aliphatic carbocycles. The average molecular weight is 349 g/mol. The Morgan fingerprint density at radius 3 is 1.79 bits per heavy atom. The highest BCUT2D eigenvalue weighted by Crippen LogP contribution is 2.27. The molecule has 0 fully saturated rings. The summed E-state index contributed by atoms with van der Waals surface area (Å²) in [5.41, 5.74) is 0.719. The quantitative estimate of drug-likeness (QED) is 0.347. The van der Waals surface area contributed by atoms with E-state index >= 15 is 0 Å². The summed E-state index contributed by atoms with van der Waals surface area (Å²) < 4.78 is 13.1. The molecule has 0 N–H and O–H groups in total. The third-order valence-electron chi connectivity index (χ3n) is 2.44. The van der Waals surface area contributed by atoms with E-state index in [0.29, 0.717) is 9.38 Å². The molecule has 2 aromatic rings. The molecule has 2 aromatic carbocycles. The number of hydrogen-bond donors (Lipinski definition) is 0. The number of halogens is 3. The molecule has 19 heavy (non-hydrogen) atoms. The predicted octanol–water partition coefficient (Wildman–Crippen LogP) is 4.42. The average Bonchev–Trinajstić information content (AvgIpc) is 2.39. The summed E-state index contributed by atoms with van der Waals surface area (Å²) in [4.78, 5) is 0.639. The zero-order valence-corrected chi connectivity index (χ0v) is 13.8. The molecule has 0 saturated carbocycles. The highest BCUT2D eigenvalue weighted by Gasteiger charge is 2.28. The lowest BCUT2D eigenvalue weighted by Crippen LogP contribution is -2.28. The summed E-state index contributed by atoms with van der Waals surface area (Å²) in [6.07, 6.45) is 0. The zero-order valence-electron chi connectivity index (χ0n) is 9.72. The van der Waals surface area contributed by atoms with Crippen LogP contribution in [-0.2, 0) is 14.6 Å². The van der Waals surface area contributed by atoms with Gasteiger partial charge in [-0.3, -0.25) is 0 Å². The van der Waals surface area contributed by atoms with Crippen molar-refractivity contribution in [3.63, 3.8) is 0 Å². The summed E-state index contributed by atoms with van der Waals surface area (Å²) in [7, 11) is -1.46. The SMILES string of the molecule is O=[S-](=C(\c1ccccc1)[Si](Cl)(Cl)Cl)/c1ccccc1. The fraction of sp³-hybridized carbons (Fsp3) is 0. The number of hydrogen-bond acceptors (Lipinski definition) is 2. The minimum Gasteiger partial charge on any atom is -0.457 e. The fourth-order valence-corrected chi connectivity index (χ4v) is 7.18. The molecule has 0 radical (unpaired) electrons. The van der Waals surface area contributed by atoms with E-state index in [1.165, 1.54) is 0 Å². The Kier molecular flexibility index (Phi) is 4.98.